The van der Waals surface area contributed by atoms with Crippen molar-refractivity contribution < 1.29 is 9.53 Å². The Bertz CT molecular complexity index is 149. The van der Waals surface area contributed by atoms with Crippen LogP contribution in [0.4, 0.5) is 4.79 Å². The monoisotopic (exact) mass is 188 g/mol. The highest BCUT2D eigenvalue weighted by atomic mass is 16.6. The molecule has 0 aliphatic carbocycles. The van der Waals surface area contributed by atoms with E-state index in [9.17, 15) is 4.79 Å². The molecular weight excluding hydrogens is 168 g/mol. The third-order valence-corrected chi connectivity index (χ3v) is 1.49. The Balaban J connectivity index is 3.46. The van der Waals surface area contributed by atoms with E-state index in [1.165, 1.54) is 0 Å². The maximum absolute atomic E-state index is 11.0. The fourth-order valence-corrected chi connectivity index (χ4v) is 0.934. The van der Waals surface area contributed by atoms with Crippen LogP contribution < -0.4 is 10.6 Å². The first kappa shape index (κ1) is 12.2. The topological polar surface area (TPSA) is 50.4 Å². The van der Waals surface area contributed by atoms with Gasteiger partial charge in [0.25, 0.3) is 0 Å². The number of alkyl carbamates (subject to hydrolysis) is 1. The van der Waals surface area contributed by atoms with Crippen LogP contribution in [-0.4, -0.2) is 32.3 Å². The molecule has 0 saturated carbocycles. The second-order valence-corrected chi connectivity index (χ2v) is 3.50. The van der Waals surface area contributed by atoms with E-state index < -0.39 is 0 Å². The standard InChI is InChI=1S/C9H20N2O2/c1-7(2)13-9(12)11-6-8(3)5-10-4/h7-8,10H,5-6H2,1-4H3,(H,11,12). The summed E-state index contributed by atoms with van der Waals surface area (Å²) in [6.07, 6.45) is -0.391. The minimum atomic E-state index is -0.335. The molecule has 0 fully saturated rings. The highest BCUT2D eigenvalue weighted by Gasteiger charge is 2.06. The first-order valence-electron chi connectivity index (χ1n) is 4.65. The molecule has 0 radical (unpaired) electrons. The average Bonchev–Trinajstić information content (AvgIpc) is 2.00. The number of nitrogens with one attached hydrogen (secondary N) is 2. The van der Waals surface area contributed by atoms with Gasteiger partial charge in [0, 0.05) is 6.54 Å². The Labute approximate surface area is 80.0 Å². The van der Waals surface area contributed by atoms with Crippen molar-refractivity contribution in [2.45, 2.75) is 26.9 Å². The normalized spacial score (nSPS) is 12.7. The van der Waals surface area contributed by atoms with Gasteiger partial charge in [0.15, 0.2) is 0 Å². The van der Waals surface area contributed by atoms with Gasteiger partial charge in [0.2, 0.25) is 0 Å². The van der Waals surface area contributed by atoms with Crippen molar-refractivity contribution in [1.82, 2.24) is 10.6 Å². The third-order valence-electron chi connectivity index (χ3n) is 1.49. The number of hydrogen-bond donors (Lipinski definition) is 2. The quantitative estimate of drug-likeness (QED) is 0.676. The van der Waals surface area contributed by atoms with Gasteiger partial charge >= 0.3 is 6.09 Å². The summed E-state index contributed by atoms with van der Waals surface area (Å²) in [6.45, 7) is 7.26. The largest absolute Gasteiger partial charge is 0.447 e. The van der Waals surface area contributed by atoms with Gasteiger partial charge in [-0.25, -0.2) is 4.79 Å². The lowest BCUT2D eigenvalue weighted by atomic mass is 10.2. The molecule has 0 aromatic heterocycles. The van der Waals surface area contributed by atoms with Gasteiger partial charge in [-0.1, -0.05) is 6.92 Å². The van der Waals surface area contributed by atoms with E-state index in [0.29, 0.717) is 12.5 Å². The molecule has 0 heterocycles. The van der Waals surface area contributed by atoms with E-state index in [1.54, 1.807) is 0 Å². The number of hydrogen-bond acceptors (Lipinski definition) is 3. The molecule has 2 N–H and O–H groups in total. The molecule has 0 saturated heterocycles. The number of ether oxygens (including phenoxy) is 1. The lowest BCUT2D eigenvalue weighted by Gasteiger charge is -2.13. The zero-order valence-electron chi connectivity index (χ0n) is 8.89. The van der Waals surface area contributed by atoms with Crippen LogP contribution in [0.1, 0.15) is 20.8 Å². The van der Waals surface area contributed by atoms with Crippen molar-refractivity contribution in [2.75, 3.05) is 20.1 Å². The number of rotatable bonds is 5. The fourth-order valence-electron chi connectivity index (χ4n) is 0.934. The molecule has 0 aromatic rings. The highest BCUT2D eigenvalue weighted by molar-refractivity contribution is 5.67. The summed E-state index contributed by atoms with van der Waals surface area (Å²) >= 11 is 0. The Kier molecular flexibility index (Phi) is 6.32. The molecule has 0 spiro atoms. The smallest absolute Gasteiger partial charge is 0.407 e. The van der Waals surface area contributed by atoms with Crippen molar-refractivity contribution in [3.8, 4) is 0 Å². The van der Waals surface area contributed by atoms with Crippen molar-refractivity contribution in [1.29, 1.82) is 0 Å². The summed E-state index contributed by atoms with van der Waals surface area (Å²) < 4.78 is 4.91. The third kappa shape index (κ3) is 7.59. The van der Waals surface area contributed by atoms with Crippen LogP contribution in [0.25, 0.3) is 0 Å². The number of carbonyl (C=O) groups excluding carboxylic acids is 1. The highest BCUT2D eigenvalue weighted by Crippen LogP contribution is 1.92. The summed E-state index contributed by atoms with van der Waals surface area (Å²) in [4.78, 5) is 11.0. The molecule has 0 rings (SSSR count). The Morgan fingerprint density at radius 3 is 2.38 bits per heavy atom. The molecule has 78 valence electrons. The van der Waals surface area contributed by atoms with Crippen molar-refractivity contribution in [3.63, 3.8) is 0 Å². The van der Waals surface area contributed by atoms with Crippen LogP contribution in [0.15, 0.2) is 0 Å². The Hall–Kier alpha value is -0.770. The van der Waals surface area contributed by atoms with Crippen molar-refractivity contribution in [3.05, 3.63) is 0 Å². The van der Waals surface area contributed by atoms with E-state index in [1.807, 2.05) is 20.9 Å². The van der Waals surface area contributed by atoms with E-state index >= 15 is 0 Å². The molecule has 0 aliphatic rings. The maximum Gasteiger partial charge on any atom is 0.407 e. The molecule has 0 bridgehead atoms. The van der Waals surface area contributed by atoms with Crippen molar-refractivity contribution in [2.24, 2.45) is 5.92 Å². The zero-order valence-corrected chi connectivity index (χ0v) is 8.89. The number of amides is 1. The average molecular weight is 188 g/mol. The van der Waals surface area contributed by atoms with Gasteiger partial charge in [-0.15, -0.1) is 0 Å². The van der Waals surface area contributed by atoms with Gasteiger partial charge in [0.1, 0.15) is 0 Å². The van der Waals surface area contributed by atoms with Crippen LogP contribution in [0, 0.1) is 5.92 Å². The summed E-state index contributed by atoms with van der Waals surface area (Å²) in [5.74, 6) is 0.421. The summed E-state index contributed by atoms with van der Waals surface area (Å²) in [5.41, 5.74) is 0. The van der Waals surface area contributed by atoms with Crippen LogP contribution in [0.2, 0.25) is 0 Å². The molecule has 0 aliphatic heterocycles. The summed E-state index contributed by atoms with van der Waals surface area (Å²) in [5, 5.41) is 5.74. The minimum absolute atomic E-state index is 0.0559. The van der Waals surface area contributed by atoms with Crippen molar-refractivity contribution >= 4 is 6.09 Å². The van der Waals surface area contributed by atoms with E-state index in [0.717, 1.165) is 6.54 Å². The Morgan fingerprint density at radius 2 is 1.92 bits per heavy atom. The van der Waals surface area contributed by atoms with E-state index in [-0.39, 0.29) is 12.2 Å². The second-order valence-electron chi connectivity index (χ2n) is 3.50. The van der Waals surface area contributed by atoms with Gasteiger partial charge in [-0.3, -0.25) is 0 Å². The first-order chi connectivity index (χ1) is 6.06. The van der Waals surface area contributed by atoms with Gasteiger partial charge < -0.3 is 15.4 Å². The lowest BCUT2D eigenvalue weighted by Crippen LogP contribution is -2.33. The SMILES string of the molecule is CNCC(C)CNC(=O)OC(C)C. The predicted octanol–water partition coefficient (Wildman–Crippen LogP) is 0.976. The fraction of sp³-hybridized carbons (Fsp3) is 0.889. The van der Waals surface area contributed by atoms with Crippen LogP contribution >= 0.6 is 0 Å². The Morgan fingerprint density at radius 1 is 1.31 bits per heavy atom. The molecule has 0 aromatic carbocycles. The van der Waals surface area contributed by atoms with Gasteiger partial charge in [-0.05, 0) is 33.4 Å². The second kappa shape index (κ2) is 6.71. The molecule has 1 amide bonds. The molecule has 4 heteroatoms. The molecular formula is C9H20N2O2. The van der Waals surface area contributed by atoms with E-state index in [2.05, 4.69) is 17.6 Å². The van der Waals surface area contributed by atoms with Crippen LogP contribution in [-0.2, 0) is 4.74 Å². The van der Waals surface area contributed by atoms with Gasteiger partial charge in [-0.2, -0.15) is 0 Å². The summed E-state index contributed by atoms with van der Waals surface area (Å²) in [7, 11) is 1.89. The predicted molar refractivity (Wildman–Crippen MR) is 52.7 cm³/mol. The first-order valence-corrected chi connectivity index (χ1v) is 4.65. The van der Waals surface area contributed by atoms with Crippen LogP contribution in [0.3, 0.4) is 0 Å². The zero-order chi connectivity index (χ0) is 10.3. The minimum Gasteiger partial charge on any atom is -0.447 e. The molecule has 4 nitrogen and oxygen atoms in total. The number of carbonyl (C=O) groups is 1. The maximum atomic E-state index is 11.0. The molecule has 1 atom stereocenters. The molecule has 1 unspecified atom stereocenters. The van der Waals surface area contributed by atoms with Gasteiger partial charge in [0.05, 0.1) is 6.10 Å². The van der Waals surface area contributed by atoms with E-state index in [4.69, 9.17) is 4.74 Å². The molecule has 13 heavy (non-hydrogen) atoms. The lowest BCUT2D eigenvalue weighted by molar-refractivity contribution is 0.114. The summed E-state index contributed by atoms with van der Waals surface area (Å²) in [6, 6.07) is 0. The van der Waals surface area contributed by atoms with Crippen LogP contribution in [0.5, 0.6) is 0 Å².